The summed E-state index contributed by atoms with van der Waals surface area (Å²) in [4.78, 5) is 2.28. The number of benzene rings is 2. The van der Waals surface area contributed by atoms with Crippen molar-refractivity contribution in [3.05, 3.63) is 53.6 Å². The van der Waals surface area contributed by atoms with Gasteiger partial charge >= 0.3 is 0 Å². The van der Waals surface area contributed by atoms with Crippen LogP contribution in [0.1, 0.15) is 23.6 Å². The lowest BCUT2D eigenvalue weighted by molar-refractivity contribution is 0.172. The Bertz CT molecular complexity index is 719. The third-order valence-electron chi connectivity index (χ3n) is 4.73. The molecule has 5 nitrogen and oxygen atoms in total. The average Bonchev–Trinajstić information content (AvgIpc) is 3.02. The predicted octanol–water partition coefficient (Wildman–Crippen LogP) is 3.02. The molecule has 0 unspecified atom stereocenters. The number of methoxy groups -OCH3 is 3. The van der Waals surface area contributed by atoms with Gasteiger partial charge in [-0.05, 0) is 30.2 Å². The Balaban J connectivity index is 1.85. The Morgan fingerprint density at radius 2 is 1.76 bits per heavy atom. The molecule has 3 rings (SSSR count). The Morgan fingerprint density at radius 1 is 1.00 bits per heavy atom. The van der Waals surface area contributed by atoms with Crippen molar-refractivity contribution in [1.29, 1.82) is 0 Å². The number of rotatable bonds is 6. The summed E-state index contributed by atoms with van der Waals surface area (Å²) in [5.74, 6) is 2.40. The van der Waals surface area contributed by atoms with Crippen molar-refractivity contribution in [2.45, 2.75) is 25.1 Å². The molecule has 0 amide bonds. The topological polar surface area (TPSA) is 51.2 Å². The van der Waals surface area contributed by atoms with Gasteiger partial charge in [0.15, 0.2) is 0 Å². The van der Waals surface area contributed by atoms with Crippen LogP contribution in [0.3, 0.4) is 0 Å². The third-order valence-corrected chi connectivity index (χ3v) is 4.73. The zero-order valence-electron chi connectivity index (χ0n) is 14.9. The van der Waals surface area contributed by atoms with Crippen LogP contribution in [0.2, 0.25) is 0 Å². The molecule has 2 aromatic carbocycles. The molecule has 134 valence electrons. The lowest BCUT2D eigenvalue weighted by Crippen LogP contribution is -2.24. The second-order valence-electron chi connectivity index (χ2n) is 6.29. The Kier molecular flexibility index (Phi) is 5.46. The summed E-state index contributed by atoms with van der Waals surface area (Å²) in [6.45, 7) is 1.34. The van der Waals surface area contributed by atoms with Crippen LogP contribution >= 0.6 is 0 Å². The van der Waals surface area contributed by atoms with E-state index in [4.69, 9.17) is 14.2 Å². The molecule has 0 aliphatic carbocycles. The van der Waals surface area contributed by atoms with Gasteiger partial charge in [-0.1, -0.05) is 18.2 Å². The second kappa shape index (κ2) is 7.76. The summed E-state index contributed by atoms with van der Waals surface area (Å²) >= 11 is 0. The van der Waals surface area contributed by atoms with E-state index in [2.05, 4.69) is 11.0 Å². The van der Waals surface area contributed by atoms with E-state index in [0.717, 1.165) is 28.4 Å². The van der Waals surface area contributed by atoms with Crippen LogP contribution in [-0.2, 0) is 6.54 Å². The fraction of sp³-hybridized carbons (Fsp3) is 0.400. The van der Waals surface area contributed by atoms with Gasteiger partial charge in [-0.2, -0.15) is 0 Å². The van der Waals surface area contributed by atoms with Crippen molar-refractivity contribution >= 4 is 0 Å². The highest BCUT2D eigenvalue weighted by atomic mass is 16.5. The molecule has 1 aliphatic rings. The molecular weight excluding hydrogens is 318 g/mol. The number of hydrogen-bond donors (Lipinski definition) is 1. The molecule has 1 heterocycles. The minimum absolute atomic E-state index is 0.150. The van der Waals surface area contributed by atoms with E-state index in [9.17, 15) is 5.11 Å². The first-order valence-corrected chi connectivity index (χ1v) is 8.41. The van der Waals surface area contributed by atoms with Gasteiger partial charge in [0.25, 0.3) is 0 Å². The lowest BCUT2D eigenvalue weighted by atomic mass is 10.0. The summed E-state index contributed by atoms with van der Waals surface area (Å²) in [7, 11) is 4.98. The number of ether oxygens (including phenoxy) is 3. The Labute approximate surface area is 148 Å². The molecule has 2 atom stereocenters. The monoisotopic (exact) mass is 343 g/mol. The fourth-order valence-electron chi connectivity index (χ4n) is 3.45. The molecule has 0 saturated carbocycles. The van der Waals surface area contributed by atoms with Gasteiger partial charge in [0.2, 0.25) is 0 Å². The first-order chi connectivity index (χ1) is 12.1. The van der Waals surface area contributed by atoms with Crippen LogP contribution in [0.25, 0.3) is 0 Å². The number of likely N-dealkylation sites (tertiary alicyclic amines) is 1. The zero-order valence-corrected chi connectivity index (χ0v) is 14.9. The van der Waals surface area contributed by atoms with Gasteiger partial charge in [-0.25, -0.2) is 0 Å². The third kappa shape index (κ3) is 3.89. The highest BCUT2D eigenvalue weighted by Crippen LogP contribution is 2.36. The molecule has 0 spiro atoms. The maximum atomic E-state index is 10.2. The van der Waals surface area contributed by atoms with Gasteiger partial charge in [0.1, 0.15) is 17.2 Å². The summed E-state index contributed by atoms with van der Waals surface area (Å²) in [6.07, 6.45) is 0.381. The van der Waals surface area contributed by atoms with E-state index in [1.165, 1.54) is 0 Å². The molecule has 0 aromatic heterocycles. The van der Waals surface area contributed by atoms with E-state index >= 15 is 0 Å². The van der Waals surface area contributed by atoms with Crippen molar-refractivity contribution in [1.82, 2.24) is 4.90 Å². The van der Waals surface area contributed by atoms with Crippen LogP contribution in [0.5, 0.6) is 17.2 Å². The van der Waals surface area contributed by atoms with Gasteiger partial charge in [0, 0.05) is 30.8 Å². The smallest absolute Gasteiger partial charge is 0.127 e. The minimum Gasteiger partial charge on any atom is -0.497 e. The Morgan fingerprint density at radius 3 is 2.48 bits per heavy atom. The van der Waals surface area contributed by atoms with E-state index in [0.29, 0.717) is 19.5 Å². The van der Waals surface area contributed by atoms with Crippen LogP contribution < -0.4 is 14.2 Å². The fourth-order valence-corrected chi connectivity index (χ4v) is 3.45. The van der Waals surface area contributed by atoms with Crippen molar-refractivity contribution in [3.63, 3.8) is 0 Å². The largest absolute Gasteiger partial charge is 0.497 e. The van der Waals surface area contributed by atoms with Gasteiger partial charge in [-0.15, -0.1) is 0 Å². The molecule has 2 aromatic rings. The van der Waals surface area contributed by atoms with Gasteiger partial charge in [-0.3, -0.25) is 4.90 Å². The average molecular weight is 343 g/mol. The molecule has 1 saturated heterocycles. The highest BCUT2D eigenvalue weighted by Gasteiger charge is 2.32. The lowest BCUT2D eigenvalue weighted by Gasteiger charge is -2.25. The van der Waals surface area contributed by atoms with E-state index < -0.39 is 0 Å². The van der Waals surface area contributed by atoms with Gasteiger partial charge in [0.05, 0.1) is 27.4 Å². The summed E-state index contributed by atoms with van der Waals surface area (Å²) in [5.41, 5.74) is 2.23. The molecule has 0 bridgehead atoms. The van der Waals surface area contributed by atoms with E-state index in [1.807, 2.05) is 36.4 Å². The van der Waals surface area contributed by atoms with E-state index in [-0.39, 0.29) is 12.1 Å². The minimum atomic E-state index is -0.333. The molecule has 0 radical (unpaired) electrons. The van der Waals surface area contributed by atoms with E-state index in [1.54, 1.807) is 21.3 Å². The molecule has 5 heteroatoms. The Hall–Kier alpha value is -2.24. The van der Waals surface area contributed by atoms with Crippen molar-refractivity contribution in [2.24, 2.45) is 0 Å². The first kappa shape index (κ1) is 17.6. The quantitative estimate of drug-likeness (QED) is 0.874. The van der Waals surface area contributed by atoms with Crippen molar-refractivity contribution in [3.8, 4) is 17.2 Å². The highest BCUT2D eigenvalue weighted by molar-refractivity contribution is 5.41. The van der Waals surface area contributed by atoms with Crippen LogP contribution in [-0.4, -0.2) is 44.0 Å². The molecule has 1 N–H and O–H groups in total. The van der Waals surface area contributed by atoms with Crippen molar-refractivity contribution in [2.75, 3.05) is 27.9 Å². The zero-order chi connectivity index (χ0) is 17.8. The summed E-state index contributed by atoms with van der Waals surface area (Å²) in [6, 6.07) is 14.1. The van der Waals surface area contributed by atoms with Crippen LogP contribution in [0.15, 0.2) is 42.5 Å². The summed E-state index contributed by atoms with van der Waals surface area (Å²) < 4.78 is 16.1. The maximum Gasteiger partial charge on any atom is 0.127 e. The maximum absolute atomic E-state index is 10.2. The normalized spacial score (nSPS) is 20.5. The molecular formula is C20H25NO4. The molecule has 1 aliphatic heterocycles. The number of hydrogen-bond acceptors (Lipinski definition) is 5. The van der Waals surface area contributed by atoms with Crippen molar-refractivity contribution < 1.29 is 19.3 Å². The number of aliphatic hydroxyl groups is 1. The SMILES string of the molecule is COc1cccc([C@@H]2C[C@H](O)CN2Cc2ccc(OC)cc2OC)c1. The van der Waals surface area contributed by atoms with Crippen LogP contribution in [0, 0.1) is 0 Å². The number of nitrogens with zero attached hydrogens (tertiary/aromatic N) is 1. The molecule has 1 fully saturated rings. The molecule has 25 heavy (non-hydrogen) atoms. The number of β-amino-alcohol motifs (C(OH)–C–C–N with tert-alkyl or cyclic N) is 1. The van der Waals surface area contributed by atoms with Crippen LogP contribution in [0.4, 0.5) is 0 Å². The predicted molar refractivity (Wildman–Crippen MR) is 96.3 cm³/mol. The summed E-state index contributed by atoms with van der Waals surface area (Å²) in [5, 5.41) is 10.2. The number of aliphatic hydroxyl groups excluding tert-OH is 1. The first-order valence-electron chi connectivity index (χ1n) is 8.41. The second-order valence-corrected chi connectivity index (χ2v) is 6.29. The standard InChI is InChI=1S/C20H25NO4/c1-23-17-6-4-5-14(9-17)19-10-16(22)13-21(19)12-15-7-8-18(24-2)11-20(15)25-3/h4-9,11,16,19,22H,10,12-13H2,1-3H3/t16-,19-/m0/s1. The van der Waals surface area contributed by atoms with Gasteiger partial charge < -0.3 is 19.3 Å².